The average molecular weight is 250 g/mol. The smallest absolute Gasteiger partial charge is 0.252 e. The summed E-state index contributed by atoms with van der Waals surface area (Å²) >= 11 is 0. The highest BCUT2D eigenvalue weighted by Crippen LogP contribution is 2.17. The summed E-state index contributed by atoms with van der Waals surface area (Å²) in [5.74, 6) is 0.0965. The van der Waals surface area contributed by atoms with E-state index in [0.29, 0.717) is 17.9 Å². The maximum Gasteiger partial charge on any atom is 0.252 e. The Morgan fingerprint density at radius 3 is 2.61 bits per heavy atom. The van der Waals surface area contributed by atoms with Crippen LogP contribution >= 0.6 is 0 Å². The van der Waals surface area contributed by atoms with Gasteiger partial charge in [-0.3, -0.25) is 4.79 Å². The molecule has 4 heteroatoms. The molecule has 0 unspecified atom stereocenters. The number of hydrogen-bond donors (Lipinski definition) is 2. The lowest BCUT2D eigenvalue weighted by atomic mass is 10.1. The van der Waals surface area contributed by atoms with Crippen molar-refractivity contribution in [3.63, 3.8) is 0 Å². The van der Waals surface area contributed by atoms with Gasteiger partial charge in [-0.25, -0.2) is 0 Å². The number of hydrogen-bond acceptors (Lipinski definition) is 3. The summed E-state index contributed by atoms with van der Waals surface area (Å²) in [5, 5.41) is 3.37. The first-order chi connectivity index (χ1) is 8.40. The van der Waals surface area contributed by atoms with Crippen LogP contribution in [0.5, 0.6) is 5.75 Å². The maximum absolute atomic E-state index is 11.2. The van der Waals surface area contributed by atoms with Crippen LogP contribution in [0.3, 0.4) is 0 Å². The van der Waals surface area contributed by atoms with Gasteiger partial charge in [-0.15, -0.1) is 0 Å². The SMILES string of the molecule is CC(C)(C)NCCCOc1ccccc1C(N)=O. The molecule has 0 atom stereocenters. The monoisotopic (exact) mass is 250 g/mol. The Morgan fingerprint density at radius 1 is 1.33 bits per heavy atom. The van der Waals surface area contributed by atoms with Crippen molar-refractivity contribution in [3.8, 4) is 5.75 Å². The second kappa shape index (κ2) is 6.40. The van der Waals surface area contributed by atoms with E-state index in [0.717, 1.165) is 13.0 Å². The first-order valence-electron chi connectivity index (χ1n) is 6.17. The Morgan fingerprint density at radius 2 is 2.00 bits per heavy atom. The predicted octanol–water partition coefficient (Wildman–Crippen LogP) is 1.94. The van der Waals surface area contributed by atoms with Gasteiger partial charge in [-0.2, -0.15) is 0 Å². The zero-order chi connectivity index (χ0) is 13.6. The Kier molecular flexibility index (Phi) is 5.16. The summed E-state index contributed by atoms with van der Waals surface area (Å²) in [4.78, 5) is 11.2. The fourth-order valence-electron chi connectivity index (χ4n) is 1.51. The highest BCUT2D eigenvalue weighted by Gasteiger charge is 2.09. The van der Waals surface area contributed by atoms with E-state index in [4.69, 9.17) is 10.5 Å². The third-order valence-corrected chi connectivity index (χ3v) is 2.39. The number of primary amides is 1. The van der Waals surface area contributed by atoms with Gasteiger partial charge in [0.25, 0.3) is 5.91 Å². The largest absolute Gasteiger partial charge is 0.493 e. The van der Waals surface area contributed by atoms with Crippen LogP contribution in [-0.2, 0) is 0 Å². The van der Waals surface area contributed by atoms with E-state index in [1.807, 2.05) is 6.07 Å². The number of amides is 1. The van der Waals surface area contributed by atoms with E-state index in [-0.39, 0.29) is 5.54 Å². The van der Waals surface area contributed by atoms with Crippen molar-refractivity contribution >= 4 is 5.91 Å². The molecule has 0 aliphatic rings. The van der Waals surface area contributed by atoms with Gasteiger partial charge >= 0.3 is 0 Å². The van der Waals surface area contributed by atoms with Crippen LogP contribution in [0, 0.1) is 0 Å². The number of para-hydroxylation sites is 1. The van der Waals surface area contributed by atoms with Gasteiger partial charge in [0.1, 0.15) is 5.75 Å². The minimum atomic E-state index is -0.460. The van der Waals surface area contributed by atoms with Gasteiger partial charge in [0.05, 0.1) is 12.2 Å². The van der Waals surface area contributed by atoms with Gasteiger partial charge in [-0.05, 0) is 45.9 Å². The highest BCUT2D eigenvalue weighted by atomic mass is 16.5. The summed E-state index contributed by atoms with van der Waals surface area (Å²) in [5.41, 5.74) is 5.82. The number of carbonyl (C=O) groups excluding carboxylic acids is 1. The summed E-state index contributed by atoms with van der Waals surface area (Å²) in [6, 6.07) is 7.03. The topological polar surface area (TPSA) is 64.3 Å². The molecule has 0 radical (unpaired) electrons. The Labute approximate surface area is 109 Å². The van der Waals surface area contributed by atoms with Crippen molar-refractivity contribution in [1.29, 1.82) is 0 Å². The predicted molar refractivity (Wildman–Crippen MR) is 72.8 cm³/mol. The van der Waals surface area contributed by atoms with E-state index in [9.17, 15) is 4.79 Å². The van der Waals surface area contributed by atoms with Gasteiger partial charge in [-0.1, -0.05) is 12.1 Å². The molecule has 1 amide bonds. The number of ether oxygens (including phenoxy) is 1. The van der Waals surface area contributed by atoms with Crippen LogP contribution in [0.2, 0.25) is 0 Å². The molecule has 18 heavy (non-hydrogen) atoms. The number of benzene rings is 1. The summed E-state index contributed by atoms with van der Waals surface area (Å²) < 4.78 is 5.57. The zero-order valence-electron chi connectivity index (χ0n) is 11.3. The molecule has 0 saturated carbocycles. The normalized spacial score (nSPS) is 11.3. The quantitative estimate of drug-likeness (QED) is 0.758. The molecule has 1 aromatic carbocycles. The van der Waals surface area contributed by atoms with Crippen molar-refractivity contribution in [3.05, 3.63) is 29.8 Å². The highest BCUT2D eigenvalue weighted by molar-refractivity contribution is 5.95. The molecule has 0 aliphatic carbocycles. The minimum Gasteiger partial charge on any atom is -0.493 e. The Hall–Kier alpha value is -1.55. The number of rotatable bonds is 6. The third kappa shape index (κ3) is 5.19. The summed E-state index contributed by atoms with van der Waals surface area (Å²) in [6.07, 6.45) is 0.879. The second-order valence-electron chi connectivity index (χ2n) is 5.24. The number of carbonyl (C=O) groups is 1. The fourth-order valence-corrected chi connectivity index (χ4v) is 1.51. The standard InChI is InChI=1S/C14H22N2O2/c1-14(2,3)16-9-6-10-18-12-8-5-4-7-11(12)13(15)17/h4-5,7-8,16H,6,9-10H2,1-3H3,(H2,15,17). The van der Waals surface area contributed by atoms with Gasteiger partial charge in [0.2, 0.25) is 0 Å². The van der Waals surface area contributed by atoms with Crippen LogP contribution in [0.15, 0.2) is 24.3 Å². The molecule has 0 bridgehead atoms. The van der Waals surface area contributed by atoms with E-state index in [1.165, 1.54) is 0 Å². The molecule has 100 valence electrons. The van der Waals surface area contributed by atoms with Crippen LogP contribution in [-0.4, -0.2) is 24.6 Å². The van der Waals surface area contributed by atoms with E-state index < -0.39 is 5.91 Å². The lowest BCUT2D eigenvalue weighted by Crippen LogP contribution is -2.36. The van der Waals surface area contributed by atoms with E-state index >= 15 is 0 Å². The molecule has 4 nitrogen and oxygen atoms in total. The minimum absolute atomic E-state index is 0.116. The fraction of sp³-hybridized carbons (Fsp3) is 0.500. The molecule has 0 saturated heterocycles. The van der Waals surface area contributed by atoms with Crippen molar-refractivity contribution < 1.29 is 9.53 Å². The number of nitrogens with one attached hydrogen (secondary N) is 1. The molecule has 0 spiro atoms. The maximum atomic E-state index is 11.2. The molecule has 0 fully saturated rings. The molecule has 3 N–H and O–H groups in total. The Balaban J connectivity index is 2.38. The Bertz CT molecular complexity index is 397. The third-order valence-electron chi connectivity index (χ3n) is 2.39. The first-order valence-corrected chi connectivity index (χ1v) is 6.17. The van der Waals surface area contributed by atoms with Crippen LogP contribution in [0.1, 0.15) is 37.6 Å². The van der Waals surface area contributed by atoms with Gasteiger partial charge in [0.15, 0.2) is 0 Å². The lowest BCUT2D eigenvalue weighted by Gasteiger charge is -2.20. The second-order valence-corrected chi connectivity index (χ2v) is 5.24. The van der Waals surface area contributed by atoms with Crippen LogP contribution < -0.4 is 15.8 Å². The van der Waals surface area contributed by atoms with Crippen molar-refractivity contribution in [2.45, 2.75) is 32.7 Å². The van der Waals surface area contributed by atoms with Crippen molar-refractivity contribution in [2.75, 3.05) is 13.2 Å². The molecule has 0 aliphatic heterocycles. The summed E-state index contributed by atoms with van der Waals surface area (Å²) in [7, 11) is 0. The van der Waals surface area contributed by atoms with Crippen molar-refractivity contribution in [1.82, 2.24) is 5.32 Å². The summed E-state index contributed by atoms with van der Waals surface area (Å²) in [6.45, 7) is 7.80. The van der Waals surface area contributed by atoms with E-state index in [2.05, 4.69) is 26.1 Å². The van der Waals surface area contributed by atoms with Crippen LogP contribution in [0.4, 0.5) is 0 Å². The number of nitrogens with two attached hydrogens (primary N) is 1. The van der Waals surface area contributed by atoms with E-state index in [1.54, 1.807) is 18.2 Å². The molecular weight excluding hydrogens is 228 g/mol. The molecule has 0 heterocycles. The zero-order valence-corrected chi connectivity index (χ0v) is 11.3. The van der Waals surface area contributed by atoms with Crippen LogP contribution in [0.25, 0.3) is 0 Å². The average Bonchev–Trinajstić information content (AvgIpc) is 2.27. The molecule has 1 aromatic rings. The lowest BCUT2D eigenvalue weighted by molar-refractivity contribution is 0.0996. The first kappa shape index (κ1) is 14.5. The van der Waals surface area contributed by atoms with Gasteiger partial charge in [0, 0.05) is 5.54 Å². The molecule has 0 aromatic heterocycles. The van der Waals surface area contributed by atoms with Crippen molar-refractivity contribution in [2.24, 2.45) is 5.73 Å². The molecular formula is C14H22N2O2. The molecule has 1 rings (SSSR count). The van der Waals surface area contributed by atoms with Gasteiger partial charge < -0.3 is 15.8 Å².